The van der Waals surface area contributed by atoms with Gasteiger partial charge in [-0.15, -0.1) is 11.3 Å². The van der Waals surface area contributed by atoms with E-state index in [9.17, 15) is 0 Å². The Bertz CT molecular complexity index is 784. The average molecular weight is 278 g/mol. The van der Waals surface area contributed by atoms with Gasteiger partial charge in [0.25, 0.3) is 0 Å². The molecule has 0 saturated carbocycles. The number of rotatable bonds is 2. The second kappa shape index (κ2) is 5.11. The molecule has 2 heterocycles. The van der Waals surface area contributed by atoms with Gasteiger partial charge in [0.1, 0.15) is 10.8 Å². The maximum atomic E-state index is 8.80. The van der Waals surface area contributed by atoms with E-state index in [1.165, 1.54) is 11.3 Å². The van der Waals surface area contributed by atoms with E-state index < -0.39 is 0 Å². The predicted molar refractivity (Wildman–Crippen MR) is 79.9 cm³/mol. The predicted octanol–water partition coefficient (Wildman–Crippen LogP) is 3.33. The molecule has 2 N–H and O–H groups in total. The number of benzene rings is 1. The fraction of sp³-hybridized carbons (Fsp3) is 0. The lowest BCUT2D eigenvalue weighted by Gasteiger charge is -1.99. The molecule has 3 aromatic rings. The molecule has 96 valence electrons. The van der Waals surface area contributed by atoms with Crippen molar-refractivity contribution in [2.24, 2.45) is 0 Å². The standard InChI is InChI=1S/C15H10N4S/c16-8-10-3-5-11(6-4-10)13-9-20-15(19-13)12-2-1-7-18-14(12)17/h1-7,9H,(H2,17,18). The van der Waals surface area contributed by atoms with Gasteiger partial charge >= 0.3 is 0 Å². The summed E-state index contributed by atoms with van der Waals surface area (Å²) in [5.74, 6) is 0.480. The van der Waals surface area contributed by atoms with Crippen LogP contribution >= 0.6 is 11.3 Å². The minimum absolute atomic E-state index is 0.480. The number of nitrogens with two attached hydrogens (primary N) is 1. The van der Waals surface area contributed by atoms with Gasteiger partial charge < -0.3 is 5.73 Å². The molecule has 5 heteroatoms. The first kappa shape index (κ1) is 12.3. The van der Waals surface area contributed by atoms with Gasteiger partial charge in [-0.25, -0.2) is 9.97 Å². The van der Waals surface area contributed by atoms with Crippen LogP contribution in [0.5, 0.6) is 0 Å². The lowest BCUT2D eigenvalue weighted by atomic mass is 10.1. The molecule has 0 aliphatic heterocycles. The van der Waals surface area contributed by atoms with E-state index in [0.29, 0.717) is 11.4 Å². The number of pyridine rings is 1. The summed E-state index contributed by atoms with van der Waals surface area (Å²) in [6.45, 7) is 0. The zero-order valence-electron chi connectivity index (χ0n) is 10.4. The molecule has 20 heavy (non-hydrogen) atoms. The highest BCUT2D eigenvalue weighted by molar-refractivity contribution is 7.13. The van der Waals surface area contributed by atoms with Crippen LogP contribution in [0, 0.1) is 11.3 Å². The van der Waals surface area contributed by atoms with E-state index in [4.69, 9.17) is 11.0 Å². The number of hydrogen-bond donors (Lipinski definition) is 1. The number of nitrogen functional groups attached to an aromatic ring is 1. The molecule has 2 aromatic heterocycles. The van der Waals surface area contributed by atoms with Crippen molar-refractivity contribution in [1.29, 1.82) is 5.26 Å². The van der Waals surface area contributed by atoms with Crippen LogP contribution in [-0.4, -0.2) is 9.97 Å². The van der Waals surface area contributed by atoms with Crippen LogP contribution in [0.1, 0.15) is 5.56 Å². The Balaban J connectivity index is 1.98. The summed E-state index contributed by atoms with van der Waals surface area (Å²) in [5.41, 5.74) is 9.20. The minimum atomic E-state index is 0.480. The third-order valence-electron chi connectivity index (χ3n) is 2.88. The van der Waals surface area contributed by atoms with Crippen molar-refractivity contribution in [3.8, 4) is 27.9 Å². The van der Waals surface area contributed by atoms with E-state index in [1.807, 2.05) is 29.6 Å². The van der Waals surface area contributed by atoms with E-state index in [2.05, 4.69) is 16.0 Å². The lowest BCUT2D eigenvalue weighted by Crippen LogP contribution is -1.92. The van der Waals surface area contributed by atoms with Gasteiger partial charge in [-0.05, 0) is 24.3 Å². The quantitative estimate of drug-likeness (QED) is 0.780. The Kier molecular flexibility index (Phi) is 3.15. The lowest BCUT2D eigenvalue weighted by molar-refractivity contribution is 1.32. The monoisotopic (exact) mass is 278 g/mol. The van der Waals surface area contributed by atoms with Crippen molar-refractivity contribution in [3.63, 3.8) is 0 Å². The molecule has 0 spiro atoms. The van der Waals surface area contributed by atoms with Crippen LogP contribution in [0.2, 0.25) is 0 Å². The average Bonchev–Trinajstić information content (AvgIpc) is 2.97. The normalized spacial score (nSPS) is 10.2. The number of nitrogens with zero attached hydrogens (tertiary/aromatic N) is 3. The number of anilines is 1. The molecule has 0 unspecified atom stereocenters. The number of hydrogen-bond acceptors (Lipinski definition) is 5. The summed E-state index contributed by atoms with van der Waals surface area (Å²) in [4.78, 5) is 8.65. The second-order valence-electron chi connectivity index (χ2n) is 4.16. The number of nitriles is 1. The van der Waals surface area contributed by atoms with E-state index in [-0.39, 0.29) is 0 Å². The van der Waals surface area contributed by atoms with Crippen LogP contribution in [0.15, 0.2) is 48.0 Å². The Labute approximate surface area is 120 Å². The Morgan fingerprint density at radius 2 is 1.95 bits per heavy atom. The number of aromatic nitrogens is 2. The van der Waals surface area contributed by atoms with Crippen molar-refractivity contribution >= 4 is 17.2 Å². The Morgan fingerprint density at radius 1 is 1.15 bits per heavy atom. The van der Waals surface area contributed by atoms with Gasteiger partial charge in [-0.1, -0.05) is 12.1 Å². The molecule has 0 aliphatic rings. The van der Waals surface area contributed by atoms with E-state index in [0.717, 1.165) is 21.8 Å². The van der Waals surface area contributed by atoms with E-state index in [1.54, 1.807) is 18.3 Å². The zero-order chi connectivity index (χ0) is 13.9. The maximum Gasteiger partial charge on any atom is 0.133 e. The first-order chi connectivity index (χ1) is 9.78. The molecule has 0 aliphatic carbocycles. The van der Waals surface area contributed by atoms with Crippen LogP contribution in [0.4, 0.5) is 5.82 Å². The van der Waals surface area contributed by atoms with Gasteiger partial charge in [0, 0.05) is 17.1 Å². The van der Waals surface area contributed by atoms with Gasteiger partial charge in [-0.2, -0.15) is 5.26 Å². The fourth-order valence-electron chi connectivity index (χ4n) is 1.84. The molecule has 4 nitrogen and oxygen atoms in total. The van der Waals surface area contributed by atoms with Crippen LogP contribution < -0.4 is 5.73 Å². The molecular weight excluding hydrogens is 268 g/mol. The van der Waals surface area contributed by atoms with E-state index >= 15 is 0 Å². The third-order valence-corrected chi connectivity index (χ3v) is 3.76. The molecule has 0 atom stereocenters. The highest BCUT2D eigenvalue weighted by Gasteiger charge is 2.09. The van der Waals surface area contributed by atoms with Crippen molar-refractivity contribution in [2.75, 3.05) is 5.73 Å². The maximum absolute atomic E-state index is 8.80. The molecule has 0 bridgehead atoms. The first-order valence-corrected chi connectivity index (χ1v) is 6.83. The zero-order valence-corrected chi connectivity index (χ0v) is 11.3. The van der Waals surface area contributed by atoms with Gasteiger partial charge in [0.05, 0.1) is 22.9 Å². The van der Waals surface area contributed by atoms with Crippen LogP contribution in [0.3, 0.4) is 0 Å². The molecular formula is C15H10N4S. The molecule has 0 amide bonds. The van der Waals surface area contributed by atoms with Crippen molar-refractivity contribution in [1.82, 2.24) is 9.97 Å². The SMILES string of the molecule is N#Cc1ccc(-c2csc(-c3cccnc3N)n2)cc1. The molecule has 3 rings (SSSR count). The Hall–Kier alpha value is -2.71. The van der Waals surface area contributed by atoms with Crippen LogP contribution in [0.25, 0.3) is 21.8 Å². The summed E-state index contributed by atoms with van der Waals surface area (Å²) < 4.78 is 0. The Morgan fingerprint density at radius 3 is 2.65 bits per heavy atom. The summed E-state index contributed by atoms with van der Waals surface area (Å²) in [6.07, 6.45) is 1.66. The van der Waals surface area contributed by atoms with Crippen molar-refractivity contribution in [3.05, 3.63) is 53.5 Å². The van der Waals surface area contributed by atoms with Gasteiger partial charge in [0.2, 0.25) is 0 Å². The molecule has 0 radical (unpaired) electrons. The fourth-order valence-corrected chi connectivity index (χ4v) is 2.71. The highest BCUT2D eigenvalue weighted by atomic mass is 32.1. The first-order valence-electron chi connectivity index (χ1n) is 5.95. The van der Waals surface area contributed by atoms with Crippen molar-refractivity contribution in [2.45, 2.75) is 0 Å². The van der Waals surface area contributed by atoms with Crippen LogP contribution in [-0.2, 0) is 0 Å². The topological polar surface area (TPSA) is 75.6 Å². The molecule has 0 fully saturated rings. The van der Waals surface area contributed by atoms with Gasteiger partial charge in [0.15, 0.2) is 0 Å². The summed E-state index contributed by atoms with van der Waals surface area (Å²) in [7, 11) is 0. The largest absolute Gasteiger partial charge is 0.383 e. The number of thiazole rings is 1. The highest BCUT2D eigenvalue weighted by Crippen LogP contribution is 2.31. The summed E-state index contributed by atoms with van der Waals surface area (Å²) in [6, 6.07) is 13.2. The minimum Gasteiger partial charge on any atom is -0.383 e. The molecule has 1 aromatic carbocycles. The summed E-state index contributed by atoms with van der Waals surface area (Å²) in [5, 5.41) is 11.6. The molecule has 0 saturated heterocycles. The summed E-state index contributed by atoms with van der Waals surface area (Å²) >= 11 is 1.53. The third kappa shape index (κ3) is 2.25. The smallest absolute Gasteiger partial charge is 0.133 e. The van der Waals surface area contributed by atoms with Gasteiger partial charge in [-0.3, -0.25) is 0 Å². The second-order valence-corrected chi connectivity index (χ2v) is 5.02. The van der Waals surface area contributed by atoms with Crippen molar-refractivity contribution < 1.29 is 0 Å².